The van der Waals surface area contributed by atoms with Crippen molar-refractivity contribution in [2.75, 3.05) is 32.8 Å². The number of benzene rings is 2. The summed E-state index contributed by atoms with van der Waals surface area (Å²) in [5, 5.41) is 0. The van der Waals surface area contributed by atoms with Crippen molar-refractivity contribution in [3.8, 4) is 0 Å². The van der Waals surface area contributed by atoms with Crippen molar-refractivity contribution in [2.24, 2.45) is 11.8 Å². The van der Waals surface area contributed by atoms with E-state index >= 15 is 0 Å². The van der Waals surface area contributed by atoms with Crippen molar-refractivity contribution in [3.05, 3.63) is 71.5 Å². The maximum absolute atomic E-state index is 13.8. The molecule has 0 unspecified atom stereocenters. The Bertz CT molecular complexity index is 1030. The van der Waals surface area contributed by atoms with Gasteiger partial charge < -0.3 is 14.5 Å². The van der Waals surface area contributed by atoms with E-state index in [4.69, 9.17) is 4.74 Å². The Morgan fingerprint density at radius 2 is 1.74 bits per heavy atom. The van der Waals surface area contributed by atoms with E-state index in [1.807, 2.05) is 30.3 Å². The van der Waals surface area contributed by atoms with Crippen LogP contribution >= 0.6 is 0 Å². The highest BCUT2D eigenvalue weighted by Crippen LogP contribution is 2.33. The summed E-state index contributed by atoms with van der Waals surface area (Å²) in [7, 11) is 0. The summed E-state index contributed by atoms with van der Waals surface area (Å²) in [6.07, 6.45) is 2.08. The van der Waals surface area contributed by atoms with Gasteiger partial charge in [-0.15, -0.1) is 0 Å². The average Bonchev–Trinajstić information content (AvgIpc) is 2.88. The first-order chi connectivity index (χ1) is 16.5. The van der Waals surface area contributed by atoms with Crippen LogP contribution in [0.15, 0.2) is 54.6 Å². The number of piperidine rings is 2. The minimum Gasteiger partial charge on any atom is -0.466 e. The van der Waals surface area contributed by atoms with Crippen LogP contribution in [0.1, 0.15) is 48.0 Å². The Balaban J connectivity index is 1.55. The lowest BCUT2D eigenvalue weighted by Crippen LogP contribution is -2.51. The van der Waals surface area contributed by atoms with Crippen LogP contribution in [0.2, 0.25) is 0 Å². The quantitative estimate of drug-likeness (QED) is 0.628. The molecule has 180 valence electrons. The first-order valence-corrected chi connectivity index (χ1v) is 12.0. The zero-order valence-electron chi connectivity index (χ0n) is 19.5. The minimum absolute atomic E-state index is 0.00736. The van der Waals surface area contributed by atoms with E-state index in [1.165, 1.54) is 18.2 Å². The molecule has 2 saturated heterocycles. The number of carbonyl (C=O) groups is 3. The lowest BCUT2D eigenvalue weighted by Gasteiger charge is -2.40. The number of rotatable bonds is 5. The van der Waals surface area contributed by atoms with Crippen LogP contribution in [0.25, 0.3) is 0 Å². The van der Waals surface area contributed by atoms with E-state index in [2.05, 4.69) is 0 Å². The van der Waals surface area contributed by atoms with E-state index in [-0.39, 0.29) is 41.7 Å². The zero-order valence-corrected chi connectivity index (χ0v) is 19.5. The summed E-state index contributed by atoms with van der Waals surface area (Å²) in [5.74, 6) is -1.74. The highest BCUT2D eigenvalue weighted by atomic mass is 19.1. The number of nitrogens with zero attached hydrogens (tertiary/aromatic N) is 2. The Morgan fingerprint density at radius 3 is 2.47 bits per heavy atom. The van der Waals surface area contributed by atoms with Crippen molar-refractivity contribution in [1.29, 1.82) is 0 Å². The van der Waals surface area contributed by atoms with Crippen molar-refractivity contribution >= 4 is 17.8 Å². The fourth-order valence-electron chi connectivity index (χ4n) is 5.10. The molecule has 0 spiro atoms. The summed E-state index contributed by atoms with van der Waals surface area (Å²) >= 11 is 0. The molecule has 2 aromatic rings. The van der Waals surface area contributed by atoms with Crippen molar-refractivity contribution in [1.82, 2.24) is 9.80 Å². The third-order valence-electron chi connectivity index (χ3n) is 6.78. The van der Waals surface area contributed by atoms with Crippen molar-refractivity contribution < 1.29 is 23.5 Å². The standard InChI is InChI=1S/C27H31FN2O4/c1-2-34-27(33)21-11-7-13-29(16-21)26(32)23-14-22(19-8-4-3-5-9-19)17-30(18-23)25(31)20-10-6-12-24(28)15-20/h3-6,8-10,12,15,21-23H,2,7,11,13-14,16-18H2,1H3/t21-,22-,23-/m1/s1. The largest absolute Gasteiger partial charge is 0.466 e. The maximum Gasteiger partial charge on any atom is 0.310 e. The normalized spacial score (nSPS) is 22.8. The average molecular weight is 467 g/mol. The molecular formula is C27H31FN2O4. The Labute approximate surface area is 199 Å². The molecule has 34 heavy (non-hydrogen) atoms. The lowest BCUT2D eigenvalue weighted by molar-refractivity contribution is -0.152. The van der Waals surface area contributed by atoms with Crippen LogP contribution in [-0.4, -0.2) is 60.4 Å². The maximum atomic E-state index is 13.8. The molecular weight excluding hydrogens is 435 g/mol. The van der Waals surface area contributed by atoms with Crippen LogP contribution in [-0.2, 0) is 14.3 Å². The Hall–Kier alpha value is -3.22. The summed E-state index contributed by atoms with van der Waals surface area (Å²) in [5.41, 5.74) is 1.35. The molecule has 4 rings (SSSR count). The highest BCUT2D eigenvalue weighted by Gasteiger charge is 2.38. The van der Waals surface area contributed by atoms with Crippen LogP contribution in [0, 0.1) is 17.7 Å². The minimum atomic E-state index is -0.464. The number of amides is 2. The molecule has 6 nitrogen and oxygen atoms in total. The lowest BCUT2D eigenvalue weighted by atomic mass is 9.83. The second kappa shape index (κ2) is 10.8. The van der Waals surface area contributed by atoms with Gasteiger partial charge in [0.1, 0.15) is 5.82 Å². The number of hydrogen-bond donors (Lipinski definition) is 0. The van der Waals surface area contributed by atoms with Gasteiger partial charge in [0, 0.05) is 37.7 Å². The summed E-state index contributed by atoms with van der Waals surface area (Å²) in [6.45, 7) is 3.79. The van der Waals surface area contributed by atoms with Crippen LogP contribution in [0.4, 0.5) is 4.39 Å². The second-order valence-electron chi connectivity index (χ2n) is 9.14. The molecule has 2 amide bonds. The zero-order chi connectivity index (χ0) is 24.1. The molecule has 2 aliphatic rings. The number of ether oxygens (including phenoxy) is 1. The highest BCUT2D eigenvalue weighted by molar-refractivity contribution is 5.95. The monoisotopic (exact) mass is 466 g/mol. The predicted molar refractivity (Wildman–Crippen MR) is 126 cm³/mol. The third kappa shape index (κ3) is 5.46. The number of carbonyl (C=O) groups excluding carboxylic acids is 3. The third-order valence-corrected chi connectivity index (χ3v) is 6.78. The van der Waals surface area contributed by atoms with E-state index < -0.39 is 11.7 Å². The Kier molecular flexibility index (Phi) is 7.60. The molecule has 2 fully saturated rings. The summed E-state index contributed by atoms with van der Waals surface area (Å²) in [6, 6.07) is 15.5. The molecule has 3 atom stereocenters. The number of likely N-dealkylation sites (tertiary alicyclic amines) is 2. The SMILES string of the molecule is CCOC(=O)[C@@H]1CCCN(C(=O)[C@@H]2C[C@@H](c3ccccc3)CN(C(=O)c3cccc(F)c3)C2)C1. The molecule has 0 aromatic heterocycles. The van der Waals surface area contributed by atoms with E-state index in [0.717, 1.165) is 12.0 Å². The van der Waals surface area contributed by atoms with Gasteiger partial charge in [-0.05, 0) is 49.9 Å². The fraction of sp³-hybridized carbons (Fsp3) is 0.444. The van der Waals surface area contributed by atoms with Gasteiger partial charge in [-0.1, -0.05) is 36.4 Å². The van der Waals surface area contributed by atoms with Crippen molar-refractivity contribution in [2.45, 2.75) is 32.1 Å². The number of hydrogen-bond acceptors (Lipinski definition) is 4. The van der Waals surface area contributed by atoms with Crippen LogP contribution in [0.3, 0.4) is 0 Å². The van der Waals surface area contributed by atoms with Crippen molar-refractivity contribution in [3.63, 3.8) is 0 Å². The summed E-state index contributed by atoms with van der Waals surface area (Å²) < 4.78 is 18.9. The second-order valence-corrected chi connectivity index (χ2v) is 9.14. The van der Waals surface area contributed by atoms with Gasteiger partial charge in [0.2, 0.25) is 5.91 Å². The van der Waals surface area contributed by atoms with Gasteiger partial charge >= 0.3 is 5.97 Å². The van der Waals surface area contributed by atoms with E-state index in [9.17, 15) is 18.8 Å². The van der Waals surface area contributed by atoms with E-state index in [1.54, 1.807) is 22.8 Å². The number of esters is 1. The molecule has 0 N–H and O–H groups in total. The van der Waals surface area contributed by atoms with Crippen LogP contribution < -0.4 is 0 Å². The first kappa shape index (κ1) is 23.9. The first-order valence-electron chi connectivity index (χ1n) is 12.0. The van der Waals surface area contributed by atoms with Gasteiger partial charge in [0.05, 0.1) is 18.4 Å². The fourth-order valence-corrected chi connectivity index (χ4v) is 5.10. The molecule has 2 aromatic carbocycles. The number of halogens is 1. The molecule has 2 heterocycles. The Morgan fingerprint density at radius 1 is 0.971 bits per heavy atom. The van der Waals surface area contributed by atoms with Gasteiger partial charge in [0.15, 0.2) is 0 Å². The van der Waals surface area contributed by atoms with Gasteiger partial charge in [-0.3, -0.25) is 14.4 Å². The molecule has 0 radical (unpaired) electrons. The summed E-state index contributed by atoms with van der Waals surface area (Å²) in [4.78, 5) is 42.5. The molecule has 7 heteroatoms. The van der Waals surface area contributed by atoms with Gasteiger partial charge in [0.25, 0.3) is 5.91 Å². The molecule has 0 aliphatic carbocycles. The van der Waals surface area contributed by atoms with Crippen LogP contribution in [0.5, 0.6) is 0 Å². The molecule has 0 saturated carbocycles. The van der Waals surface area contributed by atoms with E-state index in [0.29, 0.717) is 39.1 Å². The smallest absolute Gasteiger partial charge is 0.310 e. The van der Waals surface area contributed by atoms with Gasteiger partial charge in [-0.25, -0.2) is 4.39 Å². The predicted octanol–water partition coefficient (Wildman–Crippen LogP) is 3.87. The topological polar surface area (TPSA) is 66.9 Å². The molecule has 2 aliphatic heterocycles. The van der Waals surface area contributed by atoms with Gasteiger partial charge in [-0.2, -0.15) is 0 Å². The molecule has 0 bridgehead atoms.